The fourth-order valence-corrected chi connectivity index (χ4v) is 0.985. The van der Waals surface area contributed by atoms with Gasteiger partial charge in [0, 0.05) is 16.8 Å². The number of nitrogens with one attached hydrogen (secondary N) is 1. The van der Waals surface area contributed by atoms with Crippen molar-refractivity contribution in [1.29, 1.82) is 0 Å². The second-order valence-electron chi connectivity index (χ2n) is 2.47. The average Bonchev–Trinajstić information content (AvgIpc) is 2.02. The van der Waals surface area contributed by atoms with E-state index in [0.29, 0.717) is 6.54 Å². The van der Waals surface area contributed by atoms with Gasteiger partial charge in [-0.05, 0) is 0 Å². The van der Waals surface area contributed by atoms with Crippen LogP contribution in [0, 0.1) is 0 Å². The molecule has 0 unspecified atom stereocenters. The molecule has 0 saturated heterocycles. The minimum Gasteiger partial charge on any atom is -0.481 e. The van der Waals surface area contributed by atoms with Gasteiger partial charge in [0.25, 0.3) is 0 Å². The Morgan fingerprint density at radius 1 is 1.46 bits per heavy atom. The van der Waals surface area contributed by atoms with Gasteiger partial charge >= 0.3 is 11.9 Å². The van der Waals surface area contributed by atoms with E-state index in [1.807, 2.05) is 5.70 Å². The first-order valence-corrected chi connectivity index (χ1v) is 5.02. The van der Waals surface area contributed by atoms with Crippen LogP contribution in [0.15, 0.2) is 11.8 Å². The Balaban J connectivity index is 3.95. The molecule has 0 aromatic rings. The first-order valence-electron chi connectivity index (χ1n) is 3.87. The summed E-state index contributed by atoms with van der Waals surface area (Å²) in [5, 5.41) is 19.6. The van der Waals surface area contributed by atoms with Crippen molar-refractivity contribution in [1.82, 2.24) is 5.32 Å². The number of carboxylic acid groups (broad SMARTS) is 2. The molecule has 0 saturated carbocycles. The lowest BCUT2D eigenvalue weighted by molar-refractivity contribution is -0.145. The van der Waals surface area contributed by atoms with Crippen LogP contribution in [0.5, 0.6) is 0 Å². The van der Waals surface area contributed by atoms with Gasteiger partial charge in [-0.15, -0.1) is 5.70 Å². The van der Waals surface area contributed by atoms with Crippen LogP contribution in [0.25, 0.3) is 0 Å². The van der Waals surface area contributed by atoms with Crippen molar-refractivity contribution in [2.45, 2.75) is 12.5 Å². The molecule has 0 aliphatic carbocycles. The summed E-state index contributed by atoms with van der Waals surface area (Å²) < 4.78 is 0. The lowest BCUT2D eigenvalue weighted by atomic mass is 10.2. The largest absolute Gasteiger partial charge is 0.481 e. The van der Waals surface area contributed by atoms with Gasteiger partial charge in [0.15, 0.2) is 0 Å². The molecule has 6 heteroatoms. The first-order chi connectivity index (χ1) is 6.07. The third kappa shape index (κ3) is 6.06. The van der Waals surface area contributed by atoms with Crippen LogP contribution in [0.1, 0.15) is 6.42 Å². The summed E-state index contributed by atoms with van der Waals surface area (Å²) >= 11 is 0. The summed E-state index contributed by atoms with van der Waals surface area (Å²) in [5.41, 5.74) is 1.90. The van der Waals surface area contributed by atoms with Crippen LogP contribution in [0.4, 0.5) is 0 Å². The molecule has 5 nitrogen and oxygen atoms in total. The van der Waals surface area contributed by atoms with Crippen LogP contribution >= 0.6 is 0 Å². The maximum Gasteiger partial charge on any atom is 0.321 e. The van der Waals surface area contributed by atoms with Crippen molar-refractivity contribution >= 4 is 22.2 Å². The number of hydrogen-bond donors (Lipinski definition) is 3. The highest BCUT2D eigenvalue weighted by molar-refractivity contribution is 6.16. The quantitative estimate of drug-likeness (QED) is 0.452. The second-order valence-corrected chi connectivity index (χ2v) is 3.13. The third-order valence-electron chi connectivity index (χ3n) is 1.39. The van der Waals surface area contributed by atoms with E-state index in [4.69, 9.17) is 10.2 Å². The van der Waals surface area contributed by atoms with Gasteiger partial charge in [-0.1, -0.05) is 6.08 Å². The van der Waals surface area contributed by atoms with Crippen LogP contribution in [-0.4, -0.2) is 45.0 Å². The van der Waals surface area contributed by atoms with Crippen molar-refractivity contribution < 1.29 is 19.8 Å². The van der Waals surface area contributed by atoms with E-state index in [-0.39, 0.29) is 0 Å². The van der Waals surface area contributed by atoms with Gasteiger partial charge in [-0.25, -0.2) is 0 Å². The van der Waals surface area contributed by atoms with Crippen molar-refractivity contribution in [3.8, 4) is 0 Å². The van der Waals surface area contributed by atoms with Crippen molar-refractivity contribution in [2.24, 2.45) is 0 Å². The molecule has 0 fully saturated rings. The maximum atomic E-state index is 10.5. The number of rotatable bonds is 6. The minimum absolute atomic E-state index is 0.397. The summed E-state index contributed by atoms with van der Waals surface area (Å²) in [5.74, 6) is -2.25. The molecule has 0 bridgehead atoms. The lowest BCUT2D eigenvalue weighted by Crippen LogP contribution is -2.38. The molecule has 0 aromatic heterocycles. The van der Waals surface area contributed by atoms with Gasteiger partial charge in [0.05, 0.1) is 6.42 Å². The molecule has 13 heavy (non-hydrogen) atoms. The maximum absolute atomic E-state index is 10.5. The van der Waals surface area contributed by atoms with E-state index >= 15 is 0 Å². The van der Waals surface area contributed by atoms with Crippen LogP contribution < -0.4 is 5.32 Å². The topological polar surface area (TPSA) is 86.6 Å². The smallest absolute Gasteiger partial charge is 0.321 e. The van der Waals surface area contributed by atoms with Gasteiger partial charge in [0.1, 0.15) is 6.04 Å². The fourth-order valence-electron chi connectivity index (χ4n) is 0.750. The third-order valence-corrected chi connectivity index (χ3v) is 1.87. The van der Waals surface area contributed by atoms with Crippen LogP contribution in [0.3, 0.4) is 0 Å². The molecule has 3 N–H and O–H groups in total. The number of carboxylic acids is 2. The molecule has 0 heterocycles. The zero-order valence-electron chi connectivity index (χ0n) is 7.36. The van der Waals surface area contributed by atoms with Gasteiger partial charge in [-0.3, -0.25) is 9.59 Å². The molecule has 0 aliphatic heterocycles. The summed E-state index contributed by atoms with van der Waals surface area (Å²) in [6, 6.07) is -1.00. The summed E-state index contributed by atoms with van der Waals surface area (Å²) in [4.78, 5) is 20.7. The predicted molar refractivity (Wildman–Crippen MR) is 50.8 cm³/mol. The van der Waals surface area contributed by atoms with Gasteiger partial charge in [0.2, 0.25) is 0 Å². The highest BCUT2D eigenvalue weighted by atomic mass is 28.1. The molecule has 0 radical (unpaired) electrons. The van der Waals surface area contributed by atoms with E-state index in [0.717, 1.165) is 10.2 Å². The fraction of sp³-hybridized carbons (Fsp3) is 0.429. The highest BCUT2D eigenvalue weighted by Crippen LogP contribution is 1.91. The Labute approximate surface area is 78.9 Å². The van der Waals surface area contributed by atoms with Crippen LogP contribution in [-0.2, 0) is 9.59 Å². The Morgan fingerprint density at radius 3 is 2.46 bits per heavy atom. The Morgan fingerprint density at radius 2 is 2.08 bits per heavy atom. The Kier molecular flexibility index (Phi) is 5.82. The molecule has 0 aromatic carbocycles. The molecule has 0 aliphatic rings. The van der Waals surface area contributed by atoms with Crippen molar-refractivity contribution in [2.75, 3.05) is 6.54 Å². The zero-order chi connectivity index (χ0) is 10.3. The summed E-state index contributed by atoms with van der Waals surface area (Å²) in [6.07, 6.45) is 1.38. The van der Waals surface area contributed by atoms with Crippen molar-refractivity contribution in [3.05, 3.63) is 11.8 Å². The number of carbonyl (C=O) groups is 2. The molecule has 0 spiro atoms. The van der Waals surface area contributed by atoms with E-state index in [9.17, 15) is 9.59 Å². The molecular weight excluding hydrogens is 190 g/mol. The van der Waals surface area contributed by atoms with E-state index in [1.54, 1.807) is 6.08 Å². The van der Waals surface area contributed by atoms with Gasteiger partial charge < -0.3 is 15.5 Å². The molecular formula is C7H13NO4Si. The second kappa shape index (κ2) is 6.38. The molecule has 0 rings (SSSR count). The summed E-state index contributed by atoms with van der Waals surface area (Å²) in [6.45, 7) is 0.397. The standard InChI is InChI=1S/C7H13NO4Si/c9-6(10)4-5(7(11)12)8-2-1-3-13/h1,3,5,8H,2,4H2,13H3,(H,9,10)(H,11,12)/t5-/m0/s1. The average molecular weight is 203 g/mol. The van der Waals surface area contributed by atoms with Crippen molar-refractivity contribution in [3.63, 3.8) is 0 Å². The zero-order valence-corrected chi connectivity index (χ0v) is 9.36. The number of hydrogen-bond acceptors (Lipinski definition) is 3. The Bertz CT molecular complexity index is 217. The van der Waals surface area contributed by atoms with Crippen LogP contribution in [0.2, 0.25) is 0 Å². The molecule has 74 valence electrons. The Hall–Kier alpha value is -1.14. The summed E-state index contributed by atoms with van der Waals surface area (Å²) in [7, 11) is 0.909. The normalized spacial score (nSPS) is 13.2. The first kappa shape index (κ1) is 11.9. The SMILES string of the molecule is O=C(O)C[C@H](NCC=C[SiH3])C(=O)O. The van der Waals surface area contributed by atoms with E-state index in [2.05, 4.69) is 5.32 Å². The minimum atomic E-state index is -1.14. The predicted octanol–water partition coefficient (Wildman–Crippen LogP) is -1.62. The molecule has 1 atom stereocenters. The highest BCUT2D eigenvalue weighted by Gasteiger charge is 2.19. The van der Waals surface area contributed by atoms with E-state index in [1.165, 1.54) is 0 Å². The van der Waals surface area contributed by atoms with Gasteiger partial charge in [-0.2, -0.15) is 0 Å². The number of aliphatic carboxylic acids is 2. The molecule has 0 amide bonds. The monoisotopic (exact) mass is 203 g/mol. The van der Waals surface area contributed by atoms with E-state index < -0.39 is 24.4 Å². The lowest BCUT2D eigenvalue weighted by Gasteiger charge is -2.09.